The van der Waals surface area contributed by atoms with E-state index in [1.165, 1.54) is 19.3 Å². The molecule has 0 saturated heterocycles. The van der Waals surface area contributed by atoms with E-state index in [9.17, 15) is 0 Å². The van der Waals surface area contributed by atoms with Gasteiger partial charge >= 0.3 is 0 Å². The molecule has 0 aromatic carbocycles. The van der Waals surface area contributed by atoms with Crippen molar-refractivity contribution in [3.8, 4) is 0 Å². The van der Waals surface area contributed by atoms with Gasteiger partial charge in [-0.05, 0) is 50.7 Å². The van der Waals surface area contributed by atoms with Gasteiger partial charge in [-0.1, -0.05) is 13.3 Å². The van der Waals surface area contributed by atoms with Gasteiger partial charge in [0.05, 0.1) is 5.38 Å². The Labute approximate surface area is 125 Å². The highest BCUT2D eigenvalue weighted by atomic mass is 35.5. The van der Waals surface area contributed by atoms with Crippen LogP contribution in [0.25, 0.3) is 11.2 Å². The van der Waals surface area contributed by atoms with E-state index < -0.39 is 0 Å². The smallest absolute Gasteiger partial charge is 0.160 e. The summed E-state index contributed by atoms with van der Waals surface area (Å²) in [6.07, 6.45) is 3.96. The van der Waals surface area contributed by atoms with Gasteiger partial charge < -0.3 is 4.57 Å². The number of aryl methyl sites for hydroxylation is 1. The molecule has 0 radical (unpaired) electrons. The van der Waals surface area contributed by atoms with Gasteiger partial charge in [-0.25, -0.2) is 9.97 Å². The molecule has 108 valence electrons. The first-order valence-electron chi connectivity index (χ1n) is 7.52. The van der Waals surface area contributed by atoms with E-state index in [0.29, 0.717) is 0 Å². The second kappa shape index (κ2) is 5.36. The molecular formula is C16H22ClN3. The lowest BCUT2D eigenvalue weighted by atomic mass is 10.1. The van der Waals surface area contributed by atoms with Gasteiger partial charge in [-0.15, -0.1) is 11.6 Å². The minimum absolute atomic E-state index is 0.0802. The summed E-state index contributed by atoms with van der Waals surface area (Å²) in [7, 11) is 0. The van der Waals surface area contributed by atoms with Gasteiger partial charge in [0.2, 0.25) is 0 Å². The maximum atomic E-state index is 6.32. The molecule has 3 nitrogen and oxygen atoms in total. The van der Waals surface area contributed by atoms with Crippen molar-refractivity contribution in [2.24, 2.45) is 11.8 Å². The Hall–Kier alpha value is -1.09. The van der Waals surface area contributed by atoms with Crippen LogP contribution in [-0.4, -0.2) is 14.5 Å². The van der Waals surface area contributed by atoms with E-state index in [-0.39, 0.29) is 5.38 Å². The molecule has 0 amide bonds. The molecule has 0 bridgehead atoms. The summed E-state index contributed by atoms with van der Waals surface area (Å²) in [6.45, 7) is 7.37. The number of alkyl halides is 1. The summed E-state index contributed by atoms with van der Waals surface area (Å²) in [5.41, 5.74) is 2.99. The Balaban J connectivity index is 2.01. The normalized spacial score (nSPS) is 24.4. The standard InChI is InChI=1S/C16H22ClN3/c1-10-4-6-13(8-10)9-20-15(12(3)17)19-14-7-5-11(2)18-16(14)20/h5,7,10,12-13H,4,6,8-9H2,1-3H3. The number of imidazole rings is 1. The van der Waals surface area contributed by atoms with Crippen molar-refractivity contribution in [1.29, 1.82) is 0 Å². The maximum Gasteiger partial charge on any atom is 0.160 e. The second-order valence-corrected chi connectivity index (χ2v) is 6.93. The van der Waals surface area contributed by atoms with E-state index in [2.05, 4.69) is 21.5 Å². The highest BCUT2D eigenvalue weighted by molar-refractivity contribution is 6.20. The predicted octanol–water partition coefficient (Wildman–Crippen LogP) is 4.48. The van der Waals surface area contributed by atoms with E-state index in [1.807, 2.05) is 26.0 Å². The molecule has 0 N–H and O–H groups in total. The molecule has 2 heterocycles. The first-order valence-corrected chi connectivity index (χ1v) is 7.96. The molecular weight excluding hydrogens is 270 g/mol. The Bertz CT molecular complexity index is 617. The highest BCUT2D eigenvalue weighted by Gasteiger charge is 2.24. The first kappa shape index (κ1) is 13.9. The zero-order valence-corrected chi connectivity index (χ0v) is 13.2. The van der Waals surface area contributed by atoms with Crippen LogP contribution in [0.4, 0.5) is 0 Å². The Morgan fingerprint density at radius 3 is 2.80 bits per heavy atom. The van der Waals surface area contributed by atoms with Crippen LogP contribution in [-0.2, 0) is 6.54 Å². The molecule has 1 fully saturated rings. The highest BCUT2D eigenvalue weighted by Crippen LogP contribution is 2.33. The number of hydrogen-bond acceptors (Lipinski definition) is 2. The molecule has 1 aliphatic carbocycles. The molecule has 3 unspecified atom stereocenters. The van der Waals surface area contributed by atoms with Crippen LogP contribution < -0.4 is 0 Å². The van der Waals surface area contributed by atoms with Gasteiger partial charge in [-0.3, -0.25) is 0 Å². The number of halogens is 1. The summed E-state index contributed by atoms with van der Waals surface area (Å²) in [6, 6.07) is 4.06. The average molecular weight is 292 g/mol. The Kier molecular flexibility index (Phi) is 3.72. The average Bonchev–Trinajstić information content (AvgIpc) is 2.95. The van der Waals surface area contributed by atoms with Crippen LogP contribution in [0.3, 0.4) is 0 Å². The van der Waals surface area contributed by atoms with Crippen molar-refractivity contribution in [2.45, 2.75) is 52.0 Å². The lowest BCUT2D eigenvalue weighted by Crippen LogP contribution is -2.12. The molecule has 0 aliphatic heterocycles. The molecule has 1 aliphatic rings. The lowest BCUT2D eigenvalue weighted by molar-refractivity contribution is 0.437. The fourth-order valence-electron chi connectivity index (χ4n) is 3.35. The summed E-state index contributed by atoms with van der Waals surface area (Å²) in [4.78, 5) is 9.36. The number of rotatable bonds is 3. The number of nitrogens with zero attached hydrogens (tertiary/aromatic N) is 3. The Morgan fingerprint density at radius 1 is 1.35 bits per heavy atom. The van der Waals surface area contributed by atoms with Crippen molar-refractivity contribution in [2.75, 3.05) is 0 Å². The monoisotopic (exact) mass is 291 g/mol. The third kappa shape index (κ3) is 2.56. The lowest BCUT2D eigenvalue weighted by Gasteiger charge is -2.15. The van der Waals surface area contributed by atoms with Crippen LogP contribution in [0, 0.1) is 18.8 Å². The largest absolute Gasteiger partial charge is 0.311 e. The van der Waals surface area contributed by atoms with Crippen LogP contribution in [0.1, 0.15) is 50.0 Å². The molecule has 1 saturated carbocycles. The number of hydrogen-bond donors (Lipinski definition) is 0. The minimum atomic E-state index is -0.0802. The summed E-state index contributed by atoms with van der Waals surface area (Å²) in [5, 5.41) is -0.0802. The van der Waals surface area contributed by atoms with Gasteiger partial charge in [0, 0.05) is 12.2 Å². The van der Waals surface area contributed by atoms with Gasteiger partial charge in [0.25, 0.3) is 0 Å². The van der Waals surface area contributed by atoms with Crippen LogP contribution in [0.2, 0.25) is 0 Å². The summed E-state index contributed by atoms with van der Waals surface area (Å²) >= 11 is 6.32. The predicted molar refractivity (Wildman–Crippen MR) is 83.0 cm³/mol. The molecule has 20 heavy (non-hydrogen) atoms. The minimum Gasteiger partial charge on any atom is -0.311 e. The van der Waals surface area contributed by atoms with E-state index in [0.717, 1.165) is 41.1 Å². The number of fused-ring (bicyclic) bond motifs is 1. The van der Waals surface area contributed by atoms with Crippen LogP contribution in [0.5, 0.6) is 0 Å². The first-order chi connectivity index (χ1) is 9.54. The molecule has 0 spiro atoms. The maximum absolute atomic E-state index is 6.32. The van der Waals surface area contributed by atoms with Crippen molar-refractivity contribution in [3.63, 3.8) is 0 Å². The SMILES string of the molecule is Cc1ccc2nc(C(C)Cl)n(CC3CCC(C)C3)c2n1. The van der Waals surface area contributed by atoms with E-state index >= 15 is 0 Å². The number of pyridine rings is 1. The van der Waals surface area contributed by atoms with E-state index in [4.69, 9.17) is 11.6 Å². The van der Waals surface area contributed by atoms with Crippen LogP contribution >= 0.6 is 11.6 Å². The van der Waals surface area contributed by atoms with Gasteiger partial charge in [0.1, 0.15) is 11.3 Å². The van der Waals surface area contributed by atoms with Crippen molar-refractivity contribution >= 4 is 22.8 Å². The van der Waals surface area contributed by atoms with Gasteiger partial charge in [-0.2, -0.15) is 0 Å². The topological polar surface area (TPSA) is 30.7 Å². The molecule has 2 aromatic heterocycles. The molecule has 4 heteroatoms. The van der Waals surface area contributed by atoms with Crippen molar-refractivity contribution in [3.05, 3.63) is 23.7 Å². The quantitative estimate of drug-likeness (QED) is 0.781. The zero-order valence-electron chi connectivity index (χ0n) is 12.4. The fourth-order valence-corrected chi connectivity index (χ4v) is 3.51. The van der Waals surface area contributed by atoms with Crippen molar-refractivity contribution in [1.82, 2.24) is 14.5 Å². The van der Waals surface area contributed by atoms with Crippen molar-refractivity contribution < 1.29 is 0 Å². The molecule has 3 rings (SSSR count). The zero-order chi connectivity index (χ0) is 14.3. The Morgan fingerprint density at radius 2 is 2.15 bits per heavy atom. The number of aromatic nitrogens is 3. The third-order valence-corrected chi connectivity index (χ3v) is 4.56. The summed E-state index contributed by atoms with van der Waals surface area (Å²) < 4.78 is 2.25. The molecule has 3 atom stereocenters. The van der Waals surface area contributed by atoms with Crippen LogP contribution in [0.15, 0.2) is 12.1 Å². The summed E-state index contributed by atoms with van der Waals surface area (Å²) in [5.74, 6) is 2.54. The van der Waals surface area contributed by atoms with E-state index in [1.54, 1.807) is 0 Å². The molecule has 2 aromatic rings. The van der Waals surface area contributed by atoms with Gasteiger partial charge in [0.15, 0.2) is 5.65 Å². The second-order valence-electron chi connectivity index (χ2n) is 6.28. The fraction of sp³-hybridized carbons (Fsp3) is 0.625. The third-order valence-electron chi connectivity index (χ3n) is 4.36.